The van der Waals surface area contributed by atoms with Crippen molar-refractivity contribution in [1.82, 2.24) is 14.9 Å². The van der Waals surface area contributed by atoms with Crippen LogP contribution in [0.5, 0.6) is 0 Å². The van der Waals surface area contributed by atoms with Gasteiger partial charge in [-0.1, -0.05) is 60.3 Å². The van der Waals surface area contributed by atoms with Gasteiger partial charge in [0.25, 0.3) is 5.56 Å². The molecule has 1 N–H and O–H groups in total. The fourth-order valence-electron chi connectivity index (χ4n) is 4.06. The van der Waals surface area contributed by atoms with Crippen LogP contribution in [-0.2, 0) is 22.5 Å². The number of hydrogen-bond donors (Lipinski definition) is 1. The minimum Gasteiger partial charge on any atom is -0.376 e. The van der Waals surface area contributed by atoms with Crippen LogP contribution < -0.4 is 10.9 Å². The lowest BCUT2D eigenvalue weighted by atomic mass is 10.1. The summed E-state index contributed by atoms with van der Waals surface area (Å²) in [5.41, 5.74) is 1.84. The van der Waals surface area contributed by atoms with E-state index in [1.807, 2.05) is 42.5 Å². The first-order valence-corrected chi connectivity index (χ1v) is 13.0. The minimum atomic E-state index is -0.0744. The van der Waals surface area contributed by atoms with E-state index in [4.69, 9.17) is 9.72 Å². The summed E-state index contributed by atoms with van der Waals surface area (Å²) in [6, 6.07) is 18.0. The highest BCUT2D eigenvalue weighted by Crippen LogP contribution is 2.31. The van der Waals surface area contributed by atoms with Crippen molar-refractivity contribution in [3.63, 3.8) is 0 Å². The van der Waals surface area contributed by atoms with Crippen molar-refractivity contribution >= 4 is 49.3 Å². The molecule has 170 valence electrons. The number of nitrogens with zero attached hydrogens (tertiary/aromatic N) is 2. The third kappa shape index (κ3) is 4.98. The lowest BCUT2D eigenvalue weighted by Crippen LogP contribution is -2.33. The van der Waals surface area contributed by atoms with Gasteiger partial charge < -0.3 is 10.1 Å². The first kappa shape index (κ1) is 22.1. The van der Waals surface area contributed by atoms with Gasteiger partial charge in [0.2, 0.25) is 5.91 Å². The predicted octanol–water partition coefficient (Wildman–Crippen LogP) is 4.24. The van der Waals surface area contributed by atoms with Gasteiger partial charge in [-0.3, -0.25) is 14.2 Å². The Labute approximate surface area is 200 Å². The zero-order valence-electron chi connectivity index (χ0n) is 18.2. The van der Waals surface area contributed by atoms with E-state index in [1.165, 1.54) is 23.1 Å². The first-order valence-electron chi connectivity index (χ1n) is 11.2. The van der Waals surface area contributed by atoms with Crippen LogP contribution in [0.25, 0.3) is 20.3 Å². The van der Waals surface area contributed by atoms with Crippen molar-refractivity contribution in [1.29, 1.82) is 0 Å². The zero-order valence-corrected chi connectivity index (χ0v) is 19.8. The van der Waals surface area contributed by atoms with E-state index >= 15 is 0 Å². The van der Waals surface area contributed by atoms with Crippen molar-refractivity contribution < 1.29 is 9.53 Å². The van der Waals surface area contributed by atoms with E-state index in [2.05, 4.69) is 17.4 Å². The van der Waals surface area contributed by atoms with Crippen LogP contribution in [0.1, 0.15) is 18.4 Å². The van der Waals surface area contributed by atoms with E-state index in [9.17, 15) is 9.59 Å². The highest BCUT2D eigenvalue weighted by molar-refractivity contribution is 7.99. The Morgan fingerprint density at radius 2 is 2.00 bits per heavy atom. The quantitative estimate of drug-likeness (QED) is 0.302. The molecular weight excluding hydrogens is 454 g/mol. The third-order valence-corrected chi connectivity index (χ3v) is 7.92. The van der Waals surface area contributed by atoms with Gasteiger partial charge in [-0.05, 0) is 30.9 Å². The number of nitrogens with one attached hydrogen (secondary N) is 1. The summed E-state index contributed by atoms with van der Waals surface area (Å²) in [6.07, 6.45) is 2.85. The fraction of sp³-hybridized carbons (Fsp3) is 0.320. The summed E-state index contributed by atoms with van der Waals surface area (Å²) in [7, 11) is 0. The maximum absolute atomic E-state index is 13.5. The van der Waals surface area contributed by atoms with Crippen LogP contribution in [0.3, 0.4) is 0 Å². The molecule has 5 rings (SSSR count). The van der Waals surface area contributed by atoms with Crippen LogP contribution in [0.4, 0.5) is 0 Å². The van der Waals surface area contributed by atoms with E-state index in [-0.39, 0.29) is 23.3 Å². The van der Waals surface area contributed by atoms with Gasteiger partial charge in [-0.15, -0.1) is 11.3 Å². The number of thiophene rings is 1. The molecule has 6 nitrogen and oxygen atoms in total. The molecule has 1 atom stereocenters. The molecule has 8 heteroatoms. The zero-order chi connectivity index (χ0) is 22.6. The van der Waals surface area contributed by atoms with Gasteiger partial charge in [0.05, 0.1) is 17.4 Å². The molecule has 33 heavy (non-hydrogen) atoms. The summed E-state index contributed by atoms with van der Waals surface area (Å²) >= 11 is 2.80. The number of hydrogen-bond acceptors (Lipinski definition) is 6. The Balaban J connectivity index is 1.41. The molecule has 1 fully saturated rings. The summed E-state index contributed by atoms with van der Waals surface area (Å²) in [5.74, 6) is 0.132. The number of carbonyl (C=O) groups is 1. The number of aromatic nitrogens is 2. The number of carbonyl (C=O) groups excluding carboxylic acids is 1. The summed E-state index contributed by atoms with van der Waals surface area (Å²) in [6.45, 7) is 1.81. The molecule has 2 aromatic carbocycles. The van der Waals surface area contributed by atoms with Crippen molar-refractivity contribution in [2.45, 2.75) is 37.1 Å². The lowest BCUT2D eigenvalue weighted by Gasteiger charge is -2.13. The van der Waals surface area contributed by atoms with Crippen molar-refractivity contribution in [3.05, 3.63) is 70.5 Å². The van der Waals surface area contributed by atoms with Gasteiger partial charge in [-0.2, -0.15) is 0 Å². The molecule has 1 aliphatic heterocycles. The maximum Gasteiger partial charge on any atom is 0.272 e. The van der Waals surface area contributed by atoms with Crippen molar-refractivity contribution in [3.8, 4) is 0 Å². The van der Waals surface area contributed by atoms with E-state index < -0.39 is 0 Å². The van der Waals surface area contributed by atoms with Gasteiger partial charge in [0, 0.05) is 29.8 Å². The van der Waals surface area contributed by atoms with Crippen LogP contribution in [0, 0.1) is 0 Å². The molecule has 1 amide bonds. The molecule has 0 spiro atoms. The van der Waals surface area contributed by atoms with E-state index in [0.29, 0.717) is 22.9 Å². The topological polar surface area (TPSA) is 73.2 Å². The van der Waals surface area contributed by atoms with Gasteiger partial charge in [0.15, 0.2) is 5.16 Å². The number of thioether (sulfide) groups is 1. The molecule has 1 unspecified atom stereocenters. The molecular formula is C25H25N3O3S2. The monoisotopic (exact) mass is 479 g/mol. The van der Waals surface area contributed by atoms with Gasteiger partial charge >= 0.3 is 0 Å². The van der Waals surface area contributed by atoms with Crippen LogP contribution in [0.15, 0.2) is 64.5 Å². The number of ether oxygens (including phenoxy) is 1. The van der Waals surface area contributed by atoms with Gasteiger partial charge in [-0.25, -0.2) is 4.98 Å². The number of amides is 1. The first-order chi connectivity index (χ1) is 16.2. The number of benzene rings is 2. The van der Waals surface area contributed by atoms with Gasteiger partial charge in [0.1, 0.15) is 4.70 Å². The molecule has 0 radical (unpaired) electrons. The molecule has 0 bridgehead atoms. The highest BCUT2D eigenvalue weighted by Gasteiger charge is 2.19. The van der Waals surface area contributed by atoms with Crippen LogP contribution >= 0.6 is 23.1 Å². The third-order valence-electron chi connectivity index (χ3n) is 5.80. The second-order valence-corrected chi connectivity index (χ2v) is 10.1. The Hall–Kier alpha value is -2.68. The summed E-state index contributed by atoms with van der Waals surface area (Å²) < 4.78 is 9.01. The molecule has 0 aliphatic carbocycles. The Morgan fingerprint density at radius 1 is 1.18 bits per heavy atom. The summed E-state index contributed by atoms with van der Waals surface area (Å²) in [4.78, 5) is 30.8. The number of fused-ring (bicyclic) bond motifs is 3. The Bertz CT molecular complexity index is 1330. The van der Waals surface area contributed by atoms with Crippen LogP contribution in [-0.4, -0.2) is 40.5 Å². The highest BCUT2D eigenvalue weighted by atomic mass is 32.2. The standard InChI is InChI=1S/C25H25N3O3S2/c29-21(26-15-18-9-6-14-31-18)16-32-25-27-22-19-10-4-5-11-20(19)33-23(22)24(30)28(25)13-12-17-7-2-1-3-8-17/h1-5,7-8,10-11,18H,6,9,12-16H2,(H,26,29). The Kier molecular flexibility index (Phi) is 6.75. The Morgan fingerprint density at radius 3 is 2.82 bits per heavy atom. The fourth-order valence-corrected chi connectivity index (χ4v) is 6.00. The molecule has 3 heterocycles. The lowest BCUT2D eigenvalue weighted by molar-refractivity contribution is -0.119. The predicted molar refractivity (Wildman–Crippen MR) is 134 cm³/mol. The largest absolute Gasteiger partial charge is 0.376 e. The van der Waals surface area contributed by atoms with Crippen LogP contribution in [0.2, 0.25) is 0 Å². The molecule has 4 aromatic rings. The number of rotatable bonds is 8. The smallest absolute Gasteiger partial charge is 0.272 e. The number of aryl methyl sites for hydroxylation is 1. The van der Waals surface area contributed by atoms with E-state index in [0.717, 1.165) is 47.0 Å². The SMILES string of the molecule is O=C(CSc1nc2c(sc3ccccc32)c(=O)n1CCc1ccccc1)NCC1CCCO1. The molecule has 1 saturated heterocycles. The normalized spacial score (nSPS) is 15.9. The molecule has 0 saturated carbocycles. The molecule has 2 aromatic heterocycles. The summed E-state index contributed by atoms with van der Waals surface area (Å²) in [5, 5.41) is 4.51. The maximum atomic E-state index is 13.5. The van der Waals surface area contributed by atoms with Crippen molar-refractivity contribution in [2.24, 2.45) is 0 Å². The second-order valence-electron chi connectivity index (χ2n) is 8.09. The minimum absolute atomic E-state index is 0.0422. The van der Waals surface area contributed by atoms with Crippen molar-refractivity contribution in [2.75, 3.05) is 18.9 Å². The second kappa shape index (κ2) is 10.1. The van der Waals surface area contributed by atoms with E-state index in [1.54, 1.807) is 4.57 Å². The average Bonchev–Trinajstić information content (AvgIpc) is 3.50. The molecule has 1 aliphatic rings. The average molecular weight is 480 g/mol.